The largest absolute Gasteiger partial charge is 0.507 e. The Morgan fingerprint density at radius 1 is 1.03 bits per heavy atom. The van der Waals surface area contributed by atoms with Crippen molar-refractivity contribution < 1.29 is 29.3 Å². The Morgan fingerprint density at radius 3 is 2.38 bits per heavy atom. The first kappa shape index (κ1) is 25.8. The van der Waals surface area contributed by atoms with Crippen molar-refractivity contribution in [1.82, 2.24) is 0 Å². The fourth-order valence-corrected chi connectivity index (χ4v) is 4.42. The summed E-state index contributed by atoms with van der Waals surface area (Å²) in [6.45, 7) is 6.63. The number of hydrogen-bond acceptors (Lipinski definition) is 6. The number of phenolic OH excluding ortho intramolecular Hbond substituents is 1. The molecule has 0 aliphatic carbocycles. The van der Waals surface area contributed by atoms with Crippen LogP contribution in [-0.2, 0) is 9.59 Å². The lowest BCUT2D eigenvalue weighted by Gasteiger charge is -2.26. The Kier molecular flexibility index (Phi) is 7.53. The van der Waals surface area contributed by atoms with E-state index < -0.39 is 17.7 Å². The first-order valence-electron chi connectivity index (χ1n) is 12.3. The summed E-state index contributed by atoms with van der Waals surface area (Å²) in [5.41, 5.74) is 2.32. The van der Waals surface area contributed by atoms with Gasteiger partial charge < -0.3 is 19.7 Å². The molecule has 0 bridgehead atoms. The Balaban J connectivity index is 1.89. The number of ketones is 1. The number of carbonyl (C=O) groups excluding carboxylic acids is 2. The number of aliphatic hydroxyl groups excluding tert-OH is 1. The van der Waals surface area contributed by atoms with Crippen molar-refractivity contribution in [1.29, 1.82) is 0 Å². The van der Waals surface area contributed by atoms with Crippen LogP contribution in [0.4, 0.5) is 5.69 Å². The zero-order chi connectivity index (χ0) is 26.7. The molecule has 1 heterocycles. The predicted octanol–water partition coefficient (Wildman–Crippen LogP) is 5.94. The van der Waals surface area contributed by atoms with Crippen molar-refractivity contribution in [2.24, 2.45) is 0 Å². The van der Waals surface area contributed by atoms with Crippen molar-refractivity contribution in [3.05, 3.63) is 89.0 Å². The van der Waals surface area contributed by atoms with Gasteiger partial charge in [0.05, 0.1) is 25.3 Å². The van der Waals surface area contributed by atoms with Crippen LogP contribution in [0.5, 0.6) is 17.2 Å². The van der Waals surface area contributed by atoms with Crippen molar-refractivity contribution >= 4 is 23.1 Å². The quantitative estimate of drug-likeness (QED) is 0.225. The number of Topliss-reactive ketones (excluding diaryl/α,β-unsaturated/α-hetero) is 1. The van der Waals surface area contributed by atoms with E-state index in [0.29, 0.717) is 35.1 Å². The molecule has 192 valence electrons. The zero-order valence-electron chi connectivity index (χ0n) is 21.4. The van der Waals surface area contributed by atoms with Crippen molar-refractivity contribution in [3.8, 4) is 17.2 Å². The average molecular weight is 502 g/mol. The molecule has 3 aromatic rings. The SMILES string of the molecule is CCCOc1cccc(/C(O)=C2/C(=O)C(=O)N(c3ccc(C(C)C)cc3)C2c2ccc(OC)c(O)c2)c1. The van der Waals surface area contributed by atoms with Crippen LogP contribution in [0.3, 0.4) is 0 Å². The number of methoxy groups -OCH3 is 1. The van der Waals surface area contributed by atoms with Crippen LogP contribution in [0, 0.1) is 0 Å². The maximum absolute atomic E-state index is 13.4. The minimum Gasteiger partial charge on any atom is -0.507 e. The van der Waals surface area contributed by atoms with Gasteiger partial charge >= 0.3 is 0 Å². The number of rotatable bonds is 8. The van der Waals surface area contributed by atoms with Crippen molar-refractivity contribution in [2.75, 3.05) is 18.6 Å². The molecule has 7 nitrogen and oxygen atoms in total. The number of phenols is 1. The molecule has 37 heavy (non-hydrogen) atoms. The number of anilines is 1. The number of ether oxygens (including phenoxy) is 2. The fraction of sp³-hybridized carbons (Fsp3) is 0.267. The molecule has 0 radical (unpaired) electrons. The number of nitrogens with zero attached hydrogens (tertiary/aromatic N) is 1. The van der Waals surface area contributed by atoms with Crippen LogP contribution in [0.25, 0.3) is 5.76 Å². The average Bonchev–Trinajstić information content (AvgIpc) is 3.17. The Morgan fingerprint density at radius 2 is 1.76 bits per heavy atom. The maximum atomic E-state index is 13.4. The molecular formula is C30H31NO6. The lowest BCUT2D eigenvalue weighted by molar-refractivity contribution is -0.132. The number of aliphatic hydroxyl groups is 1. The minimum absolute atomic E-state index is 0.0739. The highest BCUT2D eigenvalue weighted by molar-refractivity contribution is 6.51. The summed E-state index contributed by atoms with van der Waals surface area (Å²) >= 11 is 0. The molecular weight excluding hydrogens is 470 g/mol. The van der Waals surface area contributed by atoms with E-state index in [1.807, 2.05) is 19.1 Å². The highest BCUT2D eigenvalue weighted by atomic mass is 16.5. The predicted molar refractivity (Wildman–Crippen MR) is 142 cm³/mol. The van der Waals surface area contributed by atoms with Gasteiger partial charge in [0, 0.05) is 11.3 Å². The molecule has 1 atom stereocenters. The Hall–Kier alpha value is -4.26. The topological polar surface area (TPSA) is 96.3 Å². The van der Waals surface area contributed by atoms with E-state index >= 15 is 0 Å². The number of hydrogen-bond donors (Lipinski definition) is 2. The molecule has 1 unspecified atom stereocenters. The summed E-state index contributed by atoms with van der Waals surface area (Å²) in [5, 5.41) is 21.9. The molecule has 0 saturated carbocycles. The first-order valence-corrected chi connectivity index (χ1v) is 12.3. The normalized spacial score (nSPS) is 16.9. The lowest BCUT2D eigenvalue weighted by atomic mass is 9.94. The van der Waals surface area contributed by atoms with Gasteiger partial charge in [-0.25, -0.2) is 0 Å². The van der Waals surface area contributed by atoms with Gasteiger partial charge in [0.1, 0.15) is 11.5 Å². The molecule has 3 aromatic carbocycles. The van der Waals surface area contributed by atoms with Gasteiger partial charge in [0.15, 0.2) is 11.5 Å². The van der Waals surface area contributed by atoms with Gasteiger partial charge in [-0.05, 0) is 59.9 Å². The molecule has 0 spiro atoms. The Labute approximate surface area is 216 Å². The van der Waals surface area contributed by atoms with E-state index in [2.05, 4.69) is 13.8 Å². The summed E-state index contributed by atoms with van der Waals surface area (Å²) < 4.78 is 10.9. The summed E-state index contributed by atoms with van der Waals surface area (Å²) in [7, 11) is 1.44. The van der Waals surface area contributed by atoms with E-state index in [0.717, 1.165) is 12.0 Å². The molecule has 0 aromatic heterocycles. The Bertz CT molecular complexity index is 1340. The van der Waals surface area contributed by atoms with Crippen LogP contribution in [0.1, 0.15) is 55.8 Å². The van der Waals surface area contributed by atoms with E-state index in [9.17, 15) is 19.8 Å². The molecule has 1 amide bonds. The zero-order valence-corrected chi connectivity index (χ0v) is 21.4. The second-order valence-corrected chi connectivity index (χ2v) is 9.22. The van der Waals surface area contributed by atoms with Crippen LogP contribution in [0.15, 0.2) is 72.3 Å². The summed E-state index contributed by atoms with van der Waals surface area (Å²) in [4.78, 5) is 28.1. The molecule has 1 fully saturated rings. The third kappa shape index (κ3) is 5.03. The second-order valence-electron chi connectivity index (χ2n) is 9.22. The van der Waals surface area contributed by atoms with E-state index in [1.54, 1.807) is 48.5 Å². The highest BCUT2D eigenvalue weighted by Crippen LogP contribution is 2.44. The fourth-order valence-electron chi connectivity index (χ4n) is 4.42. The third-order valence-electron chi connectivity index (χ3n) is 6.38. The number of carbonyl (C=O) groups is 2. The first-order chi connectivity index (χ1) is 17.8. The molecule has 4 rings (SSSR count). The second kappa shape index (κ2) is 10.8. The highest BCUT2D eigenvalue weighted by Gasteiger charge is 2.47. The maximum Gasteiger partial charge on any atom is 0.300 e. The van der Waals surface area contributed by atoms with Crippen LogP contribution in [-0.4, -0.2) is 35.6 Å². The van der Waals surface area contributed by atoms with Crippen LogP contribution in [0.2, 0.25) is 0 Å². The van der Waals surface area contributed by atoms with Gasteiger partial charge in [-0.15, -0.1) is 0 Å². The molecule has 1 aliphatic heterocycles. The van der Waals surface area contributed by atoms with Crippen LogP contribution >= 0.6 is 0 Å². The number of amides is 1. The van der Waals surface area contributed by atoms with Crippen LogP contribution < -0.4 is 14.4 Å². The van der Waals surface area contributed by atoms with E-state index in [4.69, 9.17) is 9.47 Å². The van der Waals surface area contributed by atoms with Crippen molar-refractivity contribution in [3.63, 3.8) is 0 Å². The smallest absolute Gasteiger partial charge is 0.300 e. The molecule has 7 heteroatoms. The van der Waals surface area contributed by atoms with Gasteiger partial charge in [-0.1, -0.05) is 51.1 Å². The van der Waals surface area contributed by atoms with Gasteiger partial charge in [-0.3, -0.25) is 14.5 Å². The van der Waals surface area contributed by atoms with Gasteiger partial charge in [0.25, 0.3) is 11.7 Å². The number of benzene rings is 3. The van der Waals surface area contributed by atoms with E-state index in [1.165, 1.54) is 18.1 Å². The standard InChI is InChI=1S/C30H31NO6/c1-5-15-37-23-8-6-7-21(16-23)28(33)26-27(20-11-14-25(36-4)24(32)17-20)31(30(35)29(26)34)22-12-9-19(10-13-22)18(2)3/h6-14,16-18,27,32-33H,5,15H2,1-4H3/b28-26-. The van der Waals surface area contributed by atoms with Gasteiger partial charge in [-0.2, -0.15) is 0 Å². The molecule has 2 N–H and O–H groups in total. The van der Waals surface area contributed by atoms with Gasteiger partial charge in [0.2, 0.25) is 0 Å². The molecule has 1 aliphatic rings. The minimum atomic E-state index is -0.970. The lowest BCUT2D eigenvalue weighted by Crippen LogP contribution is -2.29. The van der Waals surface area contributed by atoms with Crippen molar-refractivity contribution in [2.45, 2.75) is 39.2 Å². The van der Waals surface area contributed by atoms with E-state index in [-0.39, 0.29) is 22.8 Å². The number of aromatic hydroxyl groups is 1. The monoisotopic (exact) mass is 501 g/mol. The summed E-state index contributed by atoms with van der Waals surface area (Å²) in [6.07, 6.45) is 0.817. The summed E-state index contributed by atoms with van der Waals surface area (Å²) in [5.74, 6) is -0.951. The molecule has 1 saturated heterocycles. The third-order valence-corrected chi connectivity index (χ3v) is 6.38. The summed E-state index contributed by atoms with van der Waals surface area (Å²) in [6, 6.07) is 17.9.